The third kappa shape index (κ3) is 3.51. The Labute approximate surface area is 178 Å². The predicted octanol–water partition coefficient (Wildman–Crippen LogP) is 4.51. The van der Waals surface area contributed by atoms with Crippen molar-refractivity contribution in [2.24, 2.45) is 0 Å². The van der Waals surface area contributed by atoms with Crippen LogP contribution in [0.3, 0.4) is 0 Å². The lowest BCUT2D eigenvalue weighted by molar-refractivity contribution is -0.132. The quantitative estimate of drug-likeness (QED) is 0.718. The van der Waals surface area contributed by atoms with Crippen molar-refractivity contribution in [1.82, 2.24) is 10.2 Å². The van der Waals surface area contributed by atoms with Crippen LogP contribution in [0.4, 0.5) is 4.79 Å². The number of urea groups is 1. The Balaban J connectivity index is 1.64. The van der Waals surface area contributed by atoms with Crippen LogP contribution in [0.5, 0.6) is 11.5 Å². The van der Waals surface area contributed by atoms with Gasteiger partial charge in [0.25, 0.3) is 5.91 Å². The van der Waals surface area contributed by atoms with Crippen molar-refractivity contribution < 1.29 is 19.1 Å². The van der Waals surface area contributed by atoms with E-state index in [0.717, 1.165) is 6.42 Å². The molecule has 29 heavy (non-hydrogen) atoms. The molecule has 0 bridgehead atoms. The van der Waals surface area contributed by atoms with E-state index in [9.17, 15) is 9.59 Å². The van der Waals surface area contributed by atoms with Gasteiger partial charge in [-0.3, -0.25) is 9.69 Å². The summed E-state index contributed by atoms with van der Waals surface area (Å²) in [5, 5.41) is 3.82. The lowest BCUT2D eigenvalue weighted by Crippen LogP contribution is -2.43. The highest BCUT2D eigenvalue weighted by molar-refractivity contribution is 6.32. The van der Waals surface area contributed by atoms with Crippen LogP contribution in [0, 0.1) is 0 Å². The number of rotatable bonds is 4. The zero-order valence-corrected chi connectivity index (χ0v) is 17.3. The van der Waals surface area contributed by atoms with Crippen LogP contribution < -0.4 is 14.8 Å². The average molecular weight is 435 g/mol. The fourth-order valence-electron chi connectivity index (χ4n) is 3.70. The summed E-state index contributed by atoms with van der Waals surface area (Å²) in [6.45, 7) is 2.99. The Morgan fingerprint density at radius 1 is 1.10 bits per heavy atom. The van der Waals surface area contributed by atoms with E-state index in [1.54, 1.807) is 36.4 Å². The minimum atomic E-state index is -1.11. The van der Waals surface area contributed by atoms with Gasteiger partial charge in [0.1, 0.15) is 5.54 Å². The third-order valence-electron chi connectivity index (χ3n) is 5.25. The summed E-state index contributed by atoms with van der Waals surface area (Å²) < 4.78 is 11.3. The predicted molar refractivity (Wildman–Crippen MR) is 110 cm³/mol. The Morgan fingerprint density at radius 2 is 1.83 bits per heavy atom. The molecule has 2 aliphatic heterocycles. The maximum atomic E-state index is 13.3. The molecule has 8 heteroatoms. The molecule has 0 radical (unpaired) electrons. The second-order valence-corrected chi connectivity index (χ2v) is 7.89. The topological polar surface area (TPSA) is 67.9 Å². The van der Waals surface area contributed by atoms with Gasteiger partial charge in [0.15, 0.2) is 11.5 Å². The third-order valence-corrected chi connectivity index (χ3v) is 5.78. The molecule has 1 atom stereocenters. The molecule has 2 aromatic carbocycles. The average Bonchev–Trinajstić information content (AvgIpc) is 2.87. The first-order valence-corrected chi connectivity index (χ1v) is 10.2. The Bertz CT molecular complexity index is 964. The highest BCUT2D eigenvalue weighted by Crippen LogP contribution is 2.39. The maximum Gasteiger partial charge on any atom is 0.325 e. The number of halogens is 2. The summed E-state index contributed by atoms with van der Waals surface area (Å²) in [7, 11) is 0. The molecule has 1 saturated heterocycles. The standard InChI is InChI=1S/C21H20Cl2N2O4/c1-2-21(14-4-6-15(22)7-5-14)19(26)25(20(27)24-21)12-13-10-16(23)18-17(11-13)28-8-3-9-29-18/h4-7,10-11H,2-3,8-9,12H2,1H3,(H,24,27)/t21-/m1/s1. The van der Waals surface area contributed by atoms with Crippen molar-refractivity contribution in [2.75, 3.05) is 13.2 Å². The molecule has 3 amide bonds. The smallest absolute Gasteiger partial charge is 0.325 e. The van der Waals surface area contributed by atoms with Crippen molar-refractivity contribution in [3.8, 4) is 11.5 Å². The van der Waals surface area contributed by atoms with Gasteiger partial charge in [-0.1, -0.05) is 42.3 Å². The van der Waals surface area contributed by atoms with E-state index in [0.29, 0.717) is 52.3 Å². The van der Waals surface area contributed by atoms with E-state index in [4.69, 9.17) is 32.7 Å². The van der Waals surface area contributed by atoms with E-state index < -0.39 is 11.6 Å². The molecule has 2 aliphatic rings. The fourth-order valence-corrected chi connectivity index (χ4v) is 4.12. The lowest BCUT2D eigenvalue weighted by Gasteiger charge is -2.26. The number of nitrogens with zero attached hydrogens (tertiary/aromatic N) is 1. The minimum absolute atomic E-state index is 0.0797. The molecule has 152 valence electrons. The number of carbonyl (C=O) groups excluding carboxylic acids is 2. The van der Waals surface area contributed by atoms with Gasteiger partial charge in [-0.05, 0) is 41.8 Å². The monoisotopic (exact) mass is 434 g/mol. The number of benzene rings is 2. The molecule has 2 aromatic rings. The van der Waals surface area contributed by atoms with Gasteiger partial charge in [-0.15, -0.1) is 0 Å². The second kappa shape index (κ2) is 7.76. The number of ether oxygens (including phenoxy) is 2. The van der Waals surface area contributed by atoms with Crippen molar-refractivity contribution >= 4 is 35.1 Å². The molecule has 2 heterocycles. The number of nitrogens with one attached hydrogen (secondary N) is 1. The number of hydrogen-bond donors (Lipinski definition) is 1. The van der Waals surface area contributed by atoms with Gasteiger partial charge in [0.05, 0.1) is 24.8 Å². The summed E-state index contributed by atoms with van der Waals surface area (Å²) in [6.07, 6.45) is 1.17. The van der Waals surface area contributed by atoms with Crippen LogP contribution in [-0.4, -0.2) is 30.1 Å². The highest BCUT2D eigenvalue weighted by atomic mass is 35.5. The van der Waals surface area contributed by atoms with Crippen LogP contribution in [0.15, 0.2) is 36.4 Å². The van der Waals surface area contributed by atoms with Gasteiger partial charge in [-0.2, -0.15) is 0 Å². The summed E-state index contributed by atoms with van der Waals surface area (Å²) in [6, 6.07) is 9.95. The Kier molecular flexibility index (Phi) is 5.32. The van der Waals surface area contributed by atoms with E-state index in [1.165, 1.54) is 4.90 Å². The van der Waals surface area contributed by atoms with Gasteiger partial charge in [-0.25, -0.2) is 4.79 Å². The molecular weight excluding hydrogens is 415 g/mol. The van der Waals surface area contributed by atoms with E-state index in [2.05, 4.69) is 5.32 Å². The van der Waals surface area contributed by atoms with Gasteiger partial charge in [0.2, 0.25) is 0 Å². The lowest BCUT2D eigenvalue weighted by atomic mass is 9.87. The summed E-state index contributed by atoms with van der Waals surface area (Å²) in [5.74, 6) is 0.709. The number of amides is 3. The zero-order chi connectivity index (χ0) is 20.6. The Hall–Kier alpha value is -2.44. The molecule has 0 spiro atoms. The first-order valence-electron chi connectivity index (χ1n) is 9.43. The number of fused-ring (bicyclic) bond motifs is 1. The van der Waals surface area contributed by atoms with Gasteiger partial charge < -0.3 is 14.8 Å². The molecule has 4 rings (SSSR count). The van der Waals surface area contributed by atoms with Crippen LogP contribution >= 0.6 is 23.2 Å². The summed E-state index contributed by atoms with van der Waals surface area (Å²) in [5.41, 5.74) is 0.268. The summed E-state index contributed by atoms with van der Waals surface area (Å²) >= 11 is 12.3. The number of carbonyl (C=O) groups is 2. The molecule has 0 unspecified atom stereocenters. The van der Waals surface area contributed by atoms with Crippen molar-refractivity contribution in [2.45, 2.75) is 31.8 Å². The molecular formula is C21H20Cl2N2O4. The van der Waals surface area contributed by atoms with E-state index in [-0.39, 0.29) is 12.5 Å². The molecule has 1 fully saturated rings. The fraction of sp³-hybridized carbons (Fsp3) is 0.333. The molecule has 0 aliphatic carbocycles. The van der Waals surface area contributed by atoms with Crippen molar-refractivity contribution in [1.29, 1.82) is 0 Å². The van der Waals surface area contributed by atoms with Crippen molar-refractivity contribution in [3.63, 3.8) is 0 Å². The van der Waals surface area contributed by atoms with E-state index >= 15 is 0 Å². The first kappa shape index (κ1) is 19.9. The van der Waals surface area contributed by atoms with Crippen LogP contribution in [0.2, 0.25) is 10.0 Å². The van der Waals surface area contributed by atoms with Crippen LogP contribution in [-0.2, 0) is 16.9 Å². The molecule has 1 N–H and O–H groups in total. The molecule has 0 saturated carbocycles. The Morgan fingerprint density at radius 3 is 2.55 bits per heavy atom. The number of imide groups is 1. The SMILES string of the molecule is CC[C@]1(c2ccc(Cl)cc2)NC(=O)N(Cc2cc(Cl)c3c(c2)OCCCO3)C1=O. The van der Waals surface area contributed by atoms with Crippen LogP contribution in [0.1, 0.15) is 30.9 Å². The van der Waals surface area contributed by atoms with Crippen molar-refractivity contribution in [3.05, 3.63) is 57.6 Å². The largest absolute Gasteiger partial charge is 0.489 e. The number of hydrogen-bond acceptors (Lipinski definition) is 4. The first-order chi connectivity index (χ1) is 13.9. The minimum Gasteiger partial charge on any atom is -0.489 e. The van der Waals surface area contributed by atoms with Gasteiger partial charge >= 0.3 is 6.03 Å². The van der Waals surface area contributed by atoms with Gasteiger partial charge in [0, 0.05) is 11.4 Å². The van der Waals surface area contributed by atoms with Crippen LogP contribution in [0.25, 0.3) is 0 Å². The zero-order valence-electron chi connectivity index (χ0n) is 15.8. The maximum absolute atomic E-state index is 13.3. The normalized spacial score (nSPS) is 21.1. The molecule has 0 aromatic heterocycles. The highest BCUT2D eigenvalue weighted by Gasteiger charge is 2.51. The summed E-state index contributed by atoms with van der Waals surface area (Å²) in [4.78, 5) is 27.2. The molecule has 6 nitrogen and oxygen atoms in total. The second-order valence-electron chi connectivity index (χ2n) is 7.04. The van der Waals surface area contributed by atoms with E-state index in [1.807, 2.05) is 6.92 Å².